The van der Waals surface area contributed by atoms with Crippen LogP contribution in [0.25, 0.3) is 33.3 Å². The highest BCUT2D eigenvalue weighted by Gasteiger charge is 2.11. The molecule has 0 saturated carbocycles. The Balaban J connectivity index is 2.00. The van der Waals surface area contributed by atoms with E-state index >= 15 is 0 Å². The number of imidazole rings is 1. The zero-order chi connectivity index (χ0) is 14.4. The van der Waals surface area contributed by atoms with Crippen molar-refractivity contribution < 1.29 is 4.39 Å². The van der Waals surface area contributed by atoms with E-state index in [0.717, 1.165) is 22.0 Å². The van der Waals surface area contributed by atoms with Gasteiger partial charge in [-0.2, -0.15) is 0 Å². The Morgan fingerprint density at radius 2 is 1.95 bits per heavy atom. The lowest BCUT2D eigenvalue weighted by Crippen LogP contribution is -1.84. The Hall–Kier alpha value is -2.27. The molecule has 0 bridgehead atoms. The minimum atomic E-state index is -0.308. The molecule has 2 aromatic carbocycles. The molecule has 4 aromatic rings. The quantitative estimate of drug-likeness (QED) is 0.546. The Labute approximate surface area is 128 Å². The normalized spacial score (nSPS) is 11.3. The minimum Gasteiger partial charge on any atom is -0.338 e. The highest BCUT2D eigenvalue weighted by atomic mass is 79.9. The van der Waals surface area contributed by atoms with Gasteiger partial charge in [0.05, 0.1) is 21.0 Å². The Bertz CT molecular complexity index is 934. The maximum atomic E-state index is 13.6. The van der Waals surface area contributed by atoms with Crippen LogP contribution in [0.15, 0.2) is 53.1 Å². The molecule has 5 heteroatoms. The fourth-order valence-corrected chi connectivity index (χ4v) is 2.77. The average molecular weight is 342 g/mol. The van der Waals surface area contributed by atoms with Gasteiger partial charge in [-0.1, -0.05) is 18.2 Å². The van der Waals surface area contributed by atoms with Crippen LogP contribution in [0.1, 0.15) is 0 Å². The zero-order valence-corrected chi connectivity index (χ0v) is 12.4. The molecular weight excluding hydrogens is 333 g/mol. The number of aromatic amines is 1. The molecule has 4 rings (SSSR count). The van der Waals surface area contributed by atoms with E-state index in [1.54, 1.807) is 12.3 Å². The van der Waals surface area contributed by atoms with Gasteiger partial charge in [0, 0.05) is 23.2 Å². The molecule has 21 heavy (non-hydrogen) atoms. The topological polar surface area (TPSA) is 41.6 Å². The largest absolute Gasteiger partial charge is 0.338 e. The molecule has 3 nitrogen and oxygen atoms in total. The third kappa shape index (κ3) is 2.01. The van der Waals surface area contributed by atoms with Gasteiger partial charge in [0.25, 0.3) is 0 Å². The number of fused-ring (bicyclic) bond motifs is 2. The van der Waals surface area contributed by atoms with Crippen LogP contribution in [0.2, 0.25) is 0 Å². The molecule has 0 unspecified atom stereocenters. The highest BCUT2D eigenvalue weighted by Crippen LogP contribution is 2.29. The van der Waals surface area contributed by atoms with Crippen molar-refractivity contribution in [3.63, 3.8) is 0 Å². The van der Waals surface area contributed by atoms with Crippen molar-refractivity contribution in [3.8, 4) is 11.4 Å². The van der Waals surface area contributed by atoms with E-state index in [-0.39, 0.29) is 5.82 Å². The van der Waals surface area contributed by atoms with Crippen LogP contribution in [-0.4, -0.2) is 15.0 Å². The van der Waals surface area contributed by atoms with E-state index in [1.807, 2.05) is 30.3 Å². The van der Waals surface area contributed by atoms with Gasteiger partial charge in [-0.25, -0.2) is 9.37 Å². The van der Waals surface area contributed by atoms with Gasteiger partial charge in [0.15, 0.2) is 0 Å². The first-order valence-corrected chi connectivity index (χ1v) is 7.20. The number of benzene rings is 2. The van der Waals surface area contributed by atoms with Crippen molar-refractivity contribution in [2.75, 3.05) is 0 Å². The van der Waals surface area contributed by atoms with Crippen LogP contribution in [0.3, 0.4) is 0 Å². The maximum Gasteiger partial charge on any atom is 0.139 e. The van der Waals surface area contributed by atoms with E-state index in [1.165, 1.54) is 6.07 Å². The van der Waals surface area contributed by atoms with Crippen LogP contribution in [-0.2, 0) is 0 Å². The Morgan fingerprint density at radius 3 is 2.86 bits per heavy atom. The van der Waals surface area contributed by atoms with E-state index in [0.29, 0.717) is 15.8 Å². The van der Waals surface area contributed by atoms with Crippen LogP contribution in [0.5, 0.6) is 0 Å². The third-order valence-electron chi connectivity index (χ3n) is 3.42. The predicted molar refractivity (Wildman–Crippen MR) is 84.5 cm³/mol. The standard InChI is InChI=1S/C16H9BrFN3/c17-11-7-14-15(8-12(11)18)21-16(20-14)10-3-1-5-13-9(10)4-2-6-19-13/h1-8H,(H,20,21). The summed E-state index contributed by atoms with van der Waals surface area (Å²) in [5, 5.41) is 1.01. The number of hydrogen-bond donors (Lipinski definition) is 1. The summed E-state index contributed by atoms with van der Waals surface area (Å²) >= 11 is 3.18. The molecule has 0 spiro atoms. The summed E-state index contributed by atoms with van der Waals surface area (Å²) in [5.74, 6) is 0.401. The number of aromatic nitrogens is 3. The van der Waals surface area contributed by atoms with Crippen LogP contribution in [0, 0.1) is 5.82 Å². The summed E-state index contributed by atoms with van der Waals surface area (Å²) in [6.45, 7) is 0. The summed E-state index contributed by atoms with van der Waals surface area (Å²) in [7, 11) is 0. The number of H-pyrrole nitrogens is 1. The summed E-state index contributed by atoms with van der Waals surface area (Å²) in [5.41, 5.74) is 3.25. The van der Waals surface area contributed by atoms with Gasteiger partial charge in [-0.15, -0.1) is 0 Å². The number of halogens is 2. The van der Waals surface area contributed by atoms with Gasteiger partial charge in [0.2, 0.25) is 0 Å². The molecule has 0 radical (unpaired) electrons. The van der Waals surface area contributed by atoms with Crippen molar-refractivity contribution in [2.45, 2.75) is 0 Å². The van der Waals surface area contributed by atoms with Crippen molar-refractivity contribution in [3.05, 3.63) is 59.0 Å². The van der Waals surface area contributed by atoms with E-state index in [9.17, 15) is 4.39 Å². The van der Waals surface area contributed by atoms with Gasteiger partial charge in [-0.05, 0) is 34.1 Å². The zero-order valence-electron chi connectivity index (χ0n) is 10.8. The number of hydrogen-bond acceptors (Lipinski definition) is 2. The molecule has 1 N–H and O–H groups in total. The SMILES string of the molecule is Fc1cc2[nH]c(-c3cccc4ncccc34)nc2cc1Br. The number of nitrogens with one attached hydrogen (secondary N) is 1. The molecule has 0 aliphatic carbocycles. The van der Waals surface area contributed by atoms with Gasteiger partial charge in [0.1, 0.15) is 11.6 Å². The molecule has 0 saturated heterocycles. The number of rotatable bonds is 1. The minimum absolute atomic E-state index is 0.308. The van der Waals surface area contributed by atoms with Gasteiger partial charge in [-0.3, -0.25) is 4.98 Å². The van der Waals surface area contributed by atoms with E-state index < -0.39 is 0 Å². The van der Waals surface area contributed by atoms with Gasteiger partial charge < -0.3 is 4.98 Å². The fourth-order valence-electron chi connectivity index (χ4n) is 2.44. The van der Waals surface area contributed by atoms with Crippen molar-refractivity contribution in [1.29, 1.82) is 0 Å². The van der Waals surface area contributed by atoms with Crippen LogP contribution < -0.4 is 0 Å². The second-order valence-electron chi connectivity index (χ2n) is 4.74. The summed E-state index contributed by atoms with van der Waals surface area (Å²) in [4.78, 5) is 12.1. The molecule has 0 amide bonds. The lowest BCUT2D eigenvalue weighted by Gasteiger charge is -2.02. The molecule has 0 fully saturated rings. The monoisotopic (exact) mass is 341 g/mol. The summed E-state index contributed by atoms with van der Waals surface area (Å²) in [6, 6.07) is 12.9. The maximum absolute atomic E-state index is 13.6. The first-order chi connectivity index (χ1) is 10.2. The lowest BCUT2D eigenvalue weighted by atomic mass is 10.1. The number of pyridine rings is 1. The van der Waals surface area contributed by atoms with Crippen molar-refractivity contribution >= 4 is 37.9 Å². The van der Waals surface area contributed by atoms with E-state index in [2.05, 4.69) is 30.9 Å². The fraction of sp³-hybridized carbons (Fsp3) is 0. The highest BCUT2D eigenvalue weighted by molar-refractivity contribution is 9.10. The molecule has 2 aromatic heterocycles. The second kappa shape index (κ2) is 4.63. The smallest absolute Gasteiger partial charge is 0.139 e. The lowest BCUT2D eigenvalue weighted by molar-refractivity contribution is 0.623. The molecular formula is C16H9BrFN3. The Morgan fingerprint density at radius 1 is 1.05 bits per heavy atom. The first kappa shape index (κ1) is 12.5. The average Bonchev–Trinajstić information content (AvgIpc) is 2.90. The molecule has 0 atom stereocenters. The van der Waals surface area contributed by atoms with Crippen LogP contribution in [0.4, 0.5) is 4.39 Å². The number of nitrogens with zero attached hydrogens (tertiary/aromatic N) is 2. The first-order valence-electron chi connectivity index (χ1n) is 6.41. The third-order valence-corrected chi connectivity index (χ3v) is 4.03. The molecule has 0 aliphatic heterocycles. The van der Waals surface area contributed by atoms with Crippen LogP contribution >= 0.6 is 15.9 Å². The summed E-state index contributed by atoms with van der Waals surface area (Å²) < 4.78 is 14.0. The Kier molecular flexibility index (Phi) is 2.75. The predicted octanol–water partition coefficient (Wildman–Crippen LogP) is 4.68. The van der Waals surface area contributed by atoms with Crippen molar-refractivity contribution in [1.82, 2.24) is 15.0 Å². The van der Waals surface area contributed by atoms with E-state index in [4.69, 9.17) is 0 Å². The molecule has 102 valence electrons. The van der Waals surface area contributed by atoms with Gasteiger partial charge >= 0.3 is 0 Å². The van der Waals surface area contributed by atoms with Crippen molar-refractivity contribution in [2.24, 2.45) is 0 Å². The second-order valence-corrected chi connectivity index (χ2v) is 5.60. The molecule has 0 aliphatic rings. The molecule has 2 heterocycles. The summed E-state index contributed by atoms with van der Waals surface area (Å²) in [6.07, 6.45) is 1.76.